The van der Waals surface area contributed by atoms with Crippen molar-refractivity contribution in [2.24, 2.45) is 0 Å². The minimum atomic E-state index is -4.62. The predicted octanol–water partition coefficient (Wildman–Crippen LogP) is 17.1. The first kappa shape index (κ1) is 55.0. The number of hydrogen-bond donors (Lipinski definition) is 0. The fourth-order valence-corrected chi connectivity index (χ4v) is 5.47. The molecule has 14 heteroatoms. The molecule has 0 heterocycles. The summed E-state index contributed by atoms with van der Waals surface area (Å²) in [5, 5.41) is 0. The molecule has 0 amide bonds. The first-order chi connectivity index (χ1) is 28.5. The van der Waals surface area contributed by atoms with Crippen LogP contribution in [0.1, 0.15) is 138 Å². The number of alkyl halides is 6. The predicted molar refractivity (Wildman–Crippen MR) is 219 cm³/mol. The number of halogens is 13. The van der Waals surface area contributed by atoms with Gasteiger partial charge in [0.25, 0.3) is 0 Å². The third-order valence-corrected chi connectivity index (χ3v) is 8.88. The summed E-state index contributed by atoms with van der Waals surface area (Å²) in [5.41, 5.74) is 0.237. The minimum Gasteiger partial charge on any atom is -0.496 e. The van der Waals surface area contributed by atoms with Crippen LogP contribution in [0.4, 0.5) is 57.1 Å². The van der Waals surface area contributed by atoms with Gasteiger partial charge in [-0.05, 0) is 112 Å². The molecule has 0 aliphatic carbocycles. The second kappa shape index (κ2) is 24.6. The molecule has 0 unspecified atom stereocenters. The third kappa shape index (κ3) is 17.8. The van der Waals surface area contributed by atoms with Crippen molar-refractivity contribution in [3.05, 3.63) is 171 Å². The molecule has 0 fully saturated rings. The summed E-state index contributed by atoms with van der Waals surface area (Å²) in [4.78, 5) is 0. The standard InChI is InChI=1S/2C10H10F4.C10H13FO.2C9H10F2/c1-6(2)8-5-7(10(12,13)14)3-4-9(8)11;1-6(2)7-4-3-5-8(9(7)11)10(12,13)14;1-7(2)9-5-4-8(11)6-10(9)12-3;1-6(2)8-5-7(10)3-4-9(8)11;1-6(2)8-4-3-7(10)5-9(8)11/h2*3-6H,1-2H3;4-7H,1-3H3;2*3-6H,1-2H3. The van der Waals surface area contributed by atoms with Crippen LogP contribution in [-0.4, -0.2) is 7.11 Å². The van der Waals surface area contributed by atoms with Crippen molar-refractivity contribution in [2.45, 2.75) is 111 Å². The number of benzene rings is 5. The highest BCUT2D eigenvalue weighted by Gasteiger charge is 2.35. The minimum absolute atomic E-state index is 0.0331. The monoisotopic (exact) mass is 892 g/mol. The first-order valence-electron chi connectivity index (χ1n) is 19.5. The van der Waals surface area contributed by atoms with E-state index < -0.39 is 46.7 Å². The van der Waals surface area contributed by atoms with Gasteiger partial charge < -0.3 is 4.74 Å². The van der Waals surface area contributed by atoms with Gasteiger partial charge in [0.2, 0.25) is 0 Å². The van der Waals surface area contributed by atoms with Gasteiger partial charge in [-0.15, -0.1) is 0 Å². The molecule has 0 saturated heterocycles. The highest BCUT2D eigenvalue weighted by atomic mass is 19.4. The molecule has 0 radical (unpaired) electrons. The molecule has 0 aliphatic heterocycles. The van der Waals surface area contributed by atoms with Crippen molar-refractivity contribution in [3.63, 3.8) is 0 Å². The zero-order chi connectivity index (χ0) is 47.9. The number of ether oxygens (including phenoxy) is 1. The second-order valence-electron chi connectivity index (χ2n) is 15.4. The summed E-state index contributed by atoms with van der Waals surface area (Å²) in [6.07, 6.45) is -9.02. The molecule has 0 atom stereocenters. The zero-order valence-electron chi connectivity index (χ0n) is 36.4. The van der Waals surface area contributed by atoms with E-state index in [-0.39, 0.29) is 52.3 Å². The Hall–Kier alpha value is -5.01. The van der Waals surface area contributed by atoms with E-state index >= 15 is 0 Å². The molecule has 1 nitrogen and oxygen atoms in total. The Labute approximate surface area is 356 Å². The fourth-order valence-electron chi connectivity index (χ4n) is 5.47. The molecule has 5 aromatic carbocycles. The van der Waals surface area contributed by atoms with Gasteiger partial charge in [0.05, 0.1) is 18.2 Å². The van der Waals surface area contributed by atoms with Crippen LogP contribution in [0.25, 0.3) is 0 Å². The molecular weight excluding hydrogens is 840 g/mol. The van der Waals surface area contributed by atoms with E-state index in [9.17, 15) is 57.1 Å². The van der Waals surface area contributed by atoms with Crippen LogP contribution in [0, 0.1) is 40.7 Å². The Kier molecular flexibility index (Phi) is 21.8. The van der Waals surface area contributed by atoms with Gasteiger partial charge in [-0.1, -0.05) is 93.5 Å². The van der Waals surface area contributed by atoms with E-state index in [0.717, 1.165) is 48.0 Å². The summed E-state index contributed by atoms with van der Waals surface area (Å²) in [6, 6.07) is 17.6. The molecule has 0 spiro atoms. The van der Waals surface area contributed by atoms with Gasteiger partial charge in [0.15, 0.2) is 0 Å². The Bertz CT molecular complexity index is 2130. The largest absolute Gasteiger partial charge is 0.496 e. The van der Waals surface area contributed by atoms with E-state index in [2.05, 4.69) is 13.8 Å². The topological polar surface area (TPSA) is 9.23 Å². The maximum atomic E-state index is 13.3. The van der Waals surface area contributed by atoms with E-state index in [1.54, 1.807) is 40.9 Å². The van der Waals surface area contributed by atoms with Crippen LogP contribution >= 0.6 is 0 Å². The maximum absolute atomic E-state index is 13.3. The van der Waals surface area contributed by atoms with Crippen LogP contribution in [0.15, 0.2) is 91.0 Å². The summed E-state index contributed by atoms with van der Waals surface area (Å²) >= 11 is 0. The molecule has 0 saturated carbocycles. The summed E-state index contributed by atoms with van der Waals surface area (Å²) < 4.78 is 168. The molecular formula is C48H53F13O. The lowest BCUT2D eigenvalue weighted by atomic mass is 10.00. The van der Waals surface area contributed by atoms with Gasteiger partial charge in [0, 0.05) is 12.1 Å². The van der Waals surface area contributed by atoms with E-state index in [4.69, 9.17) is 4.74 Å². The highest BCUT2D eigenvalue weighted by molar-refractivity contribution is 5.36. The normalized spacial score (nSPS) is 11.3. The molecule has 5 aromatic rings. The Morgan fingerprint density at radius 2 is 0.806 bits per heavy atom. The molecule has 342 valence electrons. The van der Waals surface area contributed by atoms with Crippen LogP contribution < -0.4 is 4.74 Å². The van der Waals surface area contributed by atoms with Gasteiger partial charge in [-0.25, -0.2) is 30.7 Å². The number of methoxy groups -OCH3 is 1. The molecule has 0 bridgehead atoms. The van der Waals surface area contributed by atoms with Crippen molar-refractivity contribution >= 4 is 0 Å². The fraction of sp³-hybridized carbons (Fsp3) is 0.375. The highest BCUT2D eigenvalue weighted by Crippen LogP contribution is 2.35. The lowest BCUT2D eigenvalue weighted by molar-refractivity contribution is -0.140. The van der Waals surface area contributed by atoms with Crippen molar-refractivity contribution < 1.29 is 61.8 Å². The SMILES string of the molecule is CC(C)c1cc(C(F)(F)F)ccc1F.CC(C)c1cc(F)ccc1F.CC(C)c1ccc(F)cc1F.CC(C)c1cccc(C(F)(F)F)c1F.COc1cc(F)ccc1C(C)C. The Morgan fingerprint density at radius 3 is 1.23 bits per heavy atom. The Morgan fingerprint density at radius 1 is 0.387 bits per heavy atom. The Balaban J connectivity index is 0.000000389. The lowest BCUT2D eigenvalue weighted by Crippen LogP contribution is -2.10. The van der Waals surface area contributed by atoms with Crippen LogP contribution in [-0.2, 0) is 12.4 Å². The number of rotatable bonds is 6. The van der Waals surface area contributed by atoms with Gasteiger partial charge in [-0.2, -0.15) is 26.3 Å². The summed E-state index contributed by atoms with van der Waals surface area (Å²) in [7, 11) is 1.56. The van der Waals surface area contributed by atoms with E-state index in [1.807, 2.05) is 27.7 Å². The van der Waals surface area contributed by atoms with E-state index in [1.165, 1.54) is 42.5 Å². The smallest absolute Gasteiger partial charge is 0.419 e. The van der Waals surface area contributed by atoms with E-state index in [0.29, 0.717) is 22.8 Å². The van der Waals surface area contributed by atoms with Crippen LogP contribution in [0.5, 0.6) is 5.75 Å². The molecule has 0 aliphatic rings. The summed E-state index contributed by atoms with van der Waals surface area (Å²) in [5.74, 6) is -3.07. The number of hydrogen-bond acceptors (Lipinski definition) is 1. The molecule has 0 aromatic heterocycles. The zero-order valence-corrected chi connectivity index (χ0v) is 36.4. The maximum Gasteiger partial charge on any atom is 0.419 e. The third-order valence-electron chi connectivity index (χ3n) is 8.88. The van der Waals surface area contributed by atoms with Crippen molar-refractivity contribution in [3.8, 4) is 5.75 Å². The lowest BCUT2D eigenvalue weighted by Gasteiger charge is -2.12. The quantitative estimate of drug-likeness (QED) is 0.154. The van der Waals surface area contributed by atoms with Crippen molar-refractivity contribution in [1.29, 1.82) is 0 Å². The molecule has 0 N–H and O–H groups in total. The van der Waals surface area contributed by atoms with Crippen LogP contribution in [0.3, 0.4) is 0 Å². The second-order valence-corrected chi connectivity index (χ2v) is 15.4. The summed E-state index contributed by atoms with van der Waals surface area (Å²) in [6.45, 7) is 18.1. The van der Waals surface area contributed by atoms with Crippen molar-refractivity contribution in [2.75, 3.05) is 7.11 Å². The average molecular weight is 893 g/mol. The molecule has 62 heavy (non-hydrogen) atoms. The average Bonchev–Trinajstić information content (AvgIpc) is 3.15. The first-order valence-corrected chi connectivity index (χ1v) is 19.5. The van der Waals surface area contributed by atoms with Gasteiger partial charge >= 0.3 is 12.4 Å². The van der Waals surface area contributed by atoms with Crippen molar-refractivity contribution in [1.82, 2.24) is 0 Å². The molecule has 5 rings (SSSR count). The van der Waals surface area contributed by atoms with Crippen LogP contribution in [0.2, 0.25) is 0 Å². The van der Waals surface area contributed by atoms with Gasteiger partial charge in [-0.3, -0.25) is 0 Å². The van der Waals surface area contributed by atoms with Gasteiger partial charge in [0.1, 0.15) is 46.5 Å².